The Kier molecular flexibility index (Phi) is 27.7. The van der Waals surface area contributed by atoms with Gasteiger partial charge < -0.3 is 76.4 Å². The van der Waals surface area contributed by atoms with E-state index in [-0.39, 0.29) is 19.3 Å². The molecule has 8 atom stereocenters. The van der Waals surface area contributed by atoms with E-state index in [1.807, 2.05) is 20.8 Å². The Morgan fingerprint density at radius 3 is 1.43 bits per heavy atom. The zero-order valence-corrected chi connectivity index (χ0v) is 53.6. The quantitative estimate of drug-likeness (QED) is 0.0520. The summed E-state index contributed by atoms with van der Waals surface area (Å²) in [4.78, 5) is 137. The van der Waals surface area contributed by atoms with Crippen LogP contribution in [0.1, 0.15) is 156 Å². The highest BCUT2D eigenvalue weighted by molar-refractivity contribution is 5.98. The molecule has 482 valence electrons. The van der Waals surface area contributed by atoms with Gasteiger partial charge in [0.25, 0.3) is 0 Å². The Morgan fingerprint density at radius 2 is 0.965 bits per heavy atom. The fraction of sp³-hybridized carbons (Fsp3) is 0.639. The van der Waals surface area contributed by atoms with Crippen molar-refractivity contribution in [2.75, 3.05) is 13.2 Å². The molecule has 0 aromatic heterocycles. The zero-order valence-electron chi connectivity index (χ0n) is 53.6. The number of carbonyl (C=O) groups excluding carboxylic acids is 9. The molecule has 0 bridgehead atoms. The smallest absolute Gasteiger partial charge is 0.408 e. The van der Waals surface area contributed by atoms with Crippen LogP contribution in [0.3, 0.4) is 0 Å². The van der Waals surface area contributed by atoms with Crippen molar-refractivity contribution in [2.24, 2.45) is 0 Å². The lowest BCUT2D eigenvalue weighted by atomic mass is 9.99. The average molecular weight is 1210 g/mol. The second-order valence-corrected chi connectivity index (χ2v) is 26.5. The number of rotatable bonds is 29. The number of benzene rings is 2. The van der Waals surface area contributed by atoms with Gasteiger partial charge in [-0.2, -0.15) is 0 Å². The van der Waals surface area contributed by atoms with Crippen molar-refractivity contribution in [3.05, 3.63) is 65.7 Å². The van der Waals surface area contributed by atoms with Crippen molar-refractivity contribution in [1.29, 1.82) is 0 Å². The van der Waals surface area contributed by atoms with Crippen molar-refractivity contribution in [1.82, 2.24) is 42.5 Å². The lowest BCUT2D eigenvalue weighted by Crippen LogP contribution is -2.63. The van der Waals surface area contributed by atoms with E-state index < -0.39 is 161 Å². The van der Waals surface area contributed by atoms with Crippen LogP contribution in [-0.4, -0.2) is 165 Å². The summed E-state index contributed by atoms with van der Waals surface area (Å²) in [5, 5.41) is 39.5. The first-order chi connectivity index (χ1) is 39.3. The molecule has 25 heteroatoms. The first-order valence-electron chi connectivity index (χ1n) is 28.6. The Morgan fingerprint density at radius 1 is 0.488 bits per heavy atom. The molecule has 0 aliphatic rings. The van der Waals surface area contributed by atoms with Gasteiger partial charge in [-0.15, -0.1) is 0 Å². The van der Waals surface area contributed by atoms with Crippen LogP contribution in [-0.2, 0) is 74.9 Å². The molecule has 2 aromatic carbocycles. The van der Waals surface area contributed by atoms with Crippen LogP contribution in [0.25, 0.3) is 0 Å². The molecule has 0 heterocycles. The number of carbonyl (C=O) groups is 10. The average Bonchev–Trinajstić information content (AvgIpc) is 1.48. The highest BCUT2D eigenvalue weighted by atomic mass is 16.6. The van der Waals surface area contributed by atoms with Gasteiger partial charge in [0.05, 0.1) is 36.6 Å². The third-order valence-corrected chi connectivity index (χ3v) is 11.8. The van der Waals surface area contributed by atoms with E-state index in [4.69, 9.17) is 23.7 Å². The first kappa shape index (κ1) is 74.7. The van der Waals surface area contributed by atoms with Gasteiger partial charge in [-0.1, -0.05) is 42.5 Å². The monoisotopic (exact) mass is 1210 g/mol. The highest BCUT2D eigenvalue weighted by Crippen LogP contribution is 2.21. The van der Waals surface area contributed by atoms with Crippen molar-refractivity contribution >= 4 is 59.4 Å². The minimum Gasteiger partial charge on any atom is -0.488 e. The molecule has 0 spiro atoms. The van der Waals surface area contributed by atoms with Gasteiger partial charge in [0, 0.05) is 19.3 Å². The molecule has 0 aliphatic carbocycles. The number of carboxylic acids is 1. The molecule has 86 heavy (non-hydrogen) atoms. The number of ether oxygens (including phenoxy) is 5. The Bertz CT molecular complexity index is 2630. The summed E-state index contributed by atoms with van der Waals surface area (Å²) in [5.74, 6) is -8.17. The third kappa shape index (κ3) is 29.1. The number of alkyl carbamates (subject to hydrolysis) is 1. The molecular formula is C61H96N8O17. The SMILES string of the molecule is C[C@@H](OC(C)(C)C)[C@H](NC(=O)CNC(=O)[C@H](CCC(=O)OC(C)(C)C)NC(=O)C(C)(C)NC(=O)[C@H](Cc1ccc(OC(C)(C)C)cc1)NC(=O)OC(C)(C)C)C(=O)N[C@@H](Cc1ccccc1)C(=O)N[C@H](C(=O)N[C@@H](CO)C(=O)O)[C@@H](C)OC(C)(C)C. The molecule has 0 radical (unpaired) electrons. The summed E-state index contributed by atoms with van der Waals surface area (Å²) in [5.41, 5.74) is -4.71. The molecule has 0 saturated heterocycles. The normalized spacial score (nSPS) is 15.0. The largest absolute Gasteiger partial charge is 0.488 e. The Labute approximate surface area is 506 Å². The van der Waals surface area contributed by atoms with Crippen LogP contribution < -0.4 is 47.3 Å². The molecule has 25 nitrogen and oxygen atoms in total. The number of aliphatic carboxylic acids is 1. The summed E-state index contributed by atoms with van der Waals surface area (Å²) >= 11 is 0. The fourth-order valence-corrected chi connectivity index (χ4v) is 8.24. The number of carboxylic acid groups (broad SMARTS) is 1. The molecule has 0 aliphatic heterocycles. The summed E-state index contributed by atoms with van der Waals surface area (Å²) in [6, 6.07) is 6.20. The second kappa shape index (κ2) is 31.8. The van der Waals surface area contributed by atoms with E-state index in [9.17, 15) is 58.2 Å². The summed E-state index contributed by atoms with van der Waals surface area (Å²) in [6.07, 6.45) is -4.08. The lowest BCUT2D eigenvalue weighted by molar-refractivity contribution is -0.155. The van der Waals surface area contributed by atoms with E-state index in [1.165, 1.54) is 27.7 Å². The molecule has 10 N–H and O–H groups in total. The zero-order chi connectivity index (χ0) is 65.9. The Balaban J connectivity index is 2.51. The molecule has 8 amide bonds. The number of aliphatic hydroxyl groups is 1. The third-order valence-electron chi connectivity index (χ3n) is 11.8. The Hall–Kier alpha value is -7.38. The van der Waals surface area contributed by atoms with Gasteiger partial charge in [-0.3, -0.25) is 38.4 Å². The van der Waals surface area contributed by atoms with Gasteiger partial charge in [0.1, 0.15) is 64.3 Å². The predicted octanol–water partition coefficient (Wildman–Crippen LogP) is 3.58. The van der Waals surface area contributed by atoms with Crippen LogP contribution in [0, 0.1) is 0 Å². The number of aliphatic hydroxyl groups excluding tert-OH is 1. The van der Waals surface area contributed by atoms with Crippen molar-refractivity contribution in [3.63, 3.8) is 0 Å². The van der Waals surface area contributed by atoms with Crippen LogP contribution >= 0.6 is 0 Å². The minimum absolute atomic E-state index is 0.0487. The van der Waals surface area contributed by atoms with Crippen molar-refractivity contribution in [3.8, 4) is 5.75 Å². The maximum Gasteiger partial charge on any atom is 0.408 e. The van der Waals surface area contributed by atoms with Gasteiger partial charge >= 0.3 is 18.0 Å². The molecule has 2 rings (SSSR count). The van der Waals surface area contributed by atoms with Crippen LogP contribution in [0.4, 0.5) is 4.79 Å². The van der Waals surface area contributed by atoms with Crippen LogP contribution in [0.2, 0.25) is 0 Å². The van der Waals surface area contributed by atoms with Crippen LogP contribution in [0.15, 0.2) is 54.6 Å². The summed E-state index contributed by atoms with van der Waals surface area (Å²) in [6.45, 7) is 29.6. The van der Waals surface area contributed by atoms with E-state index in [0.717, 1.165) is 0 Å². The molecule has 0 unspecified atom stereocenters. The van der Waals surface area contributed by atoms with E-state index in [2.05, 4.69) is 42.5 Å². The van der Waals surface area contributed by atoms with E-state index >= 15 is 0 Å². The second-order valence-electron chi connectivity index (χ2n) is 26.5. The van der Waals surface area contributed by atoms with Crippen molar-refractivity contribution in [2.45, 2.75) is 239 Å². The number of nitrogens with one attached hydrogen (secondary N) is 8. The minimum atomic E-state index is -1.80. The standard InChI is InChI=1S/C61H96N8O17/c1-35(82-56(3,4)5)46(51(76)63-41(31-37-23-21-20-22-24-37)49(74)68-47(36(2)83-57(6,7)8)52(77)64-43(34-70)53(78)79)67-44(71)33-62-48(73)40(29-30-45(72)85-59(12,13)14)65-54(80)61(18,19)69-50(75)42(66-55(81)86-60(15,16)17)32-38-25-27-39(28-26-38)84-58(9,10)11/h20-28,35-36,40-43,46-47,70H,29-34H2,1-19H3,(H,62,73)(H,63,76)(H,64,77)(H,65,80)(H,66,81)(H,67,71)(H,68,74)(H,69,75)(H,78,79)/t35-,36-,40+,41+,42+,43+,46+,47+/m1/s1. The van der Waals surface area contributed by atoms with Crippen LogP contribution in [0.5, 0.6) is 5.75 Å². The topological polar surface area (TPSA) is 354 Å². The maximum atomic E-state index is 14.6. The van der Waals surface area contributed by atoms with Gasteiger partial charge in [0.15, 0.2) is 0 Å². The first-order valence-corrected chi connectivity index (χ1v) is 28.6. The number of hydrogen-bond acceptors (Lipinski definition) is 16. The predicted molar refractivity (Wildman–Crippen MR) is 319 cm³/mol. The fourth-order valence-electron chi connectivity index (χ4n) is 8.24. The van der Waals surface area contributed by atoms with Gasteiger partial charge in [-0.25, -0.2) is 9.59 Å². The molecular weight excluding hydrogens is 1120 g/mol. The van der Waals surface area contributed by atoms with E-state index in [1.54, 1.807) is 138 Å². The highest BCUT2D eigenvalue weighted by Gasteiger charge is 2.40. The van der Waals surface area contributed by atoms with Gasteiger partial charge in [0.2, 0.25) is 41.4 Å². The molecule has 2 aromatic rings. The number of esters is 1. The molecule has 0 saturated carbocycles. The summed E-state index contributed by atoms with van der Waals surface area (Å²) in [7, 11) is 0. The number of hydrogen-bond donors (Lipinski definition) is 10. The molecule has 0 fully saturated rings. The van der Waals surface area contributed by atoms with E-state index in [0.29, 0.717) is 16.9 Å². The number of amides is 8. The lowest BCUT2D eigenvalue weighted by Gasteiger charge is -2.33. The van der Waals surface area contributed by atoms with Crippen molar-refractivity contribution < 1.29 is 81.8 Å². The van der Waals surface area contributed by atoms with Gasteiger partial charge in [-0.05, 0) is 161 Å². The summed E-state index contributed by atoms with van der Waals surface area (Å²) < 4.78 is 28.9. The maximum absolute atomic E-state index is 14.6.